The van der Waals surface area contributed by atoms with E-state index in [-0.39, 0.29) is 24.2 Å². The van der Waals surface area contributed by atoms with Crippen molar-refractivity contribution >= 4 is 11.9 Å². The highest BCUT2D eigenvalue weighted by atomic mass is 16.5. The van der Waals surface area contributed by atoms with Gasteiger partial charge < -0.3 is 10.1 Å². The molecular weight excluding hydrogens is 518 g/mol. The van der Waals surface area contributed by atoms with Crippen LogP contribution in [0.1, 0.15) is 94.8 Å². The lowest BCUT2D eigenvalue weighted by molar-refractivity contribution is -0.134. The number of carbonyl (C=O) groups is 2. The molecule has 4 aromatic rings. The van der Waals surface area contributed by atoms with Crippen LogP contribution in [-0.2, 0) is 17.6 Å². The fraction of sp³-hybridized carbons (Fsp3) is 0.316. The molecule has 4 rings (SSSR count). The molecule has 0 aromatic heterocycles. The number of para-hydroxylation sites is 1. The molecule has 0 aliphatic rings. The predicted molar refractivity (Wildman–Crippen MR) is 171 cm³/mol. The molecular formula is C38H43NO3. The van der Waals surface area contributed by atoms with E-state index in [1.54, 1.807) is 12.1 Å². The molecule has 4 heteroatoms. The first kappa shape index (κ1) is 30.8. The highest BCUT2D eigenvalue weighted by Gasteiger charge is 2.22. The highest BCUT2D eigenvalue weighted by Crippen LogP contribution is 2.36. The second-order valence-corrected chi connectivity index (χ2v) is 11.0. The number of esters is 1. The van der Waals surface area contributed by atoms with E-state index in [0.29, 0.717) is 24.3 Å². The van der Waals surface area contributed by atoms with Crippen LogP contribution in [0, 0.1) is 13.8 Å². The van der Waals surface area contributed by atoms with Gasteiger partial charge in [0.1, 0.15) is 5.75 Å². The van der Waals surface area contributed by atoms with Crippen LogP contribution >= 0.6 is 0 Å². The molecule has 0 saturated heterocycles. The SMILES string of the molecule is CCCc1ccc(C(c2ccc(CCC)cc2)c2ccc(C(=O)NCCCC(=O)Oc3ccccc3)c(C)c2C)cc1. The number of hydrogen-bond donors (Lipinski definition) is 1. The van der Waals surface area contributed by atoms with Gasteiger partial charge >= 0.3 is 5.97 Å². The van der Waals surface area contributed by atoms with Crippen LogP contribution in [0.5, 0.6) is 5.75 Å². The Hall–Kier alpha value is -4.18. The zero-order valence-electron chi connectivity index (χ0n) is 25.4. The lowest BCUT2D eigenvalue weighted by Crippen LogP contribution is -2.26. The molecule has 4 aromatic carbocycles. The Bertz CT molecular complexity index is 1410. The van der Waals surface area contributed by atoms with Crippen molar-refractivity contribution in [3.63, 3.8) is 0 Å². The fourth-order valence-corrected chi connectivity index (χ4v) is 5.48. The Morgan fingerprint density at radius 2 is 1.29 bits per heavy atom. The van der Waals surface area contributed by atoms with Gasteiger partial charge in [0, 0.05) is 24.4 Å². The average molecular weight is 562 g/mol. The number of amides is 1. The highest BCUT2D eigenvalue weighted by molar-refractivity contribution is 5.96. The molecule has 0 spiro atoms. The topological polar surface area (TPSA) is 55.4 Å². The third-order valence-corrected chi connectivity index (χ3v) is 7.91. The Labute approximate surface area is 251 Å². The lowest BCUT2D eigenvalue weighted by atomic mass is 9.80. The van der Waals surface area contributed by atoms with E-state index in [2.05, 4.69) is 80.7 Å². The molecule has 0 heterocycles. The molecule has 0 bridgehead atoms. The van der Waals surface area contributed by atoms with Crippen molar-refractivity contribution in [3.05, 3.63) is 136 Å². The summed E-state index contributed by atoms with van der Waals surface area (Å²) in [5, 5.41) is 2.99. The van der Waals surface area contributed by atoms with Crippen LogP contribution in [0.15, 0.2) is 91.0 Å². The maximum Gasteiger partial charge on any atom is 0.311 e. The number of hydrogen-bond acceptors (Lipinski definition) is 3. The van der Waals surface area contributed by atoms with Crippen molar-refractivity contribution in [2.45, 2.75) is 72.1 Å². The second kappa shape index (κ2) is 15.2. The van der Waals surface area contributed by atoms with Crippen LogP contribution in [0.3, 0.4) is 0 Å². The van der Waals surface area contributed by atoms with Crippen LogP contribution in [0.4, 0.5) is 0 Å². The van der Waals surface area contributed by atoms with Crippen molar-refractivity contribution in [1.82, 2.24) is 5.32 Å². The molecule has 4 nitrogen and oxygen atoms in total. The molecule has 1 amide bonds. The van der Waals surface area contributed by atoms with Crippen molar-refractivity contribution in [2.75, 3.05) is 6.54 Å². The number of rotatable bonds is 13. The minimum atomic E-state index is -0.302. The zero-order valence-corrected chi connectivity index (χ0v) is 25.4. The Kier molecular flexibility index (Phi) is 11.1. The minimum absolute atomic E-state index is 0.0720. The molecule has 42 heavy (non-hydrogen) atoms. The standard InChI is InChI=1S/C38H43NO3/c1-5-11-29-16-20-31(21-17-29)37(32-22-18-30(12-6-2)19-23-32)34-24-25-35(28(4)27(34)3)38(41)39-26-10-15-36(40)42-33-13-8-7-9-14-33/h7-9,13-14,16-25,37H,5-6,10-12,15,26H2,1-4H3,(H,39,41). The Morgan fingerprint density at radius 3 is 1.83 bits per heavy atom. The monoisotopic (exact) mass is 561 g/mol. The average Bonchev–Trinajstić information content (AvgIpc) is 3.00. The van der Waals surface area contributed by atoms with Gasteiger partial charge in [-0.15, -0.1) is 0 Å². The zero-order chi connectivity index (χ0) is 29.9. The first-order chi connectivity index (χ1) is 20.4. The molecule has 0 atom stereocenters. The summed E-state index contributed by atoms with van der Waals surface area (Å²) >= 11 is 0. The summed E-state index contributed by atoms with van der Waals surface area (Å²) in [7, 11) is 0. The predicted octanol–water partition coefficient (Wildman–Crippen LogP) is 8.50. The summed E-state index contributed by atoms with van der Waals surface area (Å²) in [6.07, 6.45) is 5.15. The van der Waals surface area contributed by atoms with E-state index in [9.17, 15) is 9.59 Å². The molecule has 0 aliphatic carbocycles. The molecule has 0 saturated carbocycles. The van der Waals surface area contributed by atoms with Crippen LogP contribution in [0.25, 0.3) is 0 Å². The first-order valence-electron chi connectivity index (χ1n) is 15.2. The van der Waals surface area contributed by atoms with E-state index in [1.165, 1.54) is 27.8 Å². The summed E-state index contributed by atoms with van der Waals surface area (Å²) in [6.45, 7) is 8.96. The van der Waals surface area contributed by atoms with Crippen molar-refractivity contribution in [2.24, 2.45) is 0 Å². The van der Waals surface area contributed by atoms with Crippen molar-refractivity contribution in [1.29, 1.82) is 0 Å². The van der Waals surface area contributed by atoms with Crippen LogP contribution in [-0.4, -0.2) is 18.4 Å². The quantitative estimate of drug-likeness (QED) is 0.0770. The van der Waals surface area contributed by atoms with E-state index in [4.69, 9.17) is 4.74 Å². The molecule has 0 unspecified atom stereocenters. The summed E-state index contributed by atoms with van der Waals surface area (Å²) in [4.78, 5) is 25.3. The Morgan fingerprint density at radius 1 is 0.714 bits per heavy atom. The number of benzene rings is 4. The summed E-state index contributed by atoms with van der Waals surface area (Å²) < 4.78 is 5.33. The molecule has 1 N–H and O–H groups in total. The van der Waals surface area contributed by atoms with Gasteiger partial charge in [0.25, 0.3) is 5.91 Å². The molecule has 0 fully saturated rings. The maximum atomic E-state index is 13.1. The van der Waals surface area contributed by atoms with E-state index in [1.807, 2.05) is 31.2 Å². The second-order valence-electron chi connectivity index (χ2n) is 11.0. The van der Waals surface area contributed by atoms with Gasteiger partial charge in [-0.1, -0.05) is 99.5 Å². The van der Waals surface area contributed by atoms with Gasteiger partial charge in [-0.25, -0.2) is 0 Å². The normalized spacial score (nSPS) is 11.0. The van der Waals surface area contributed by atoms with Gasteiger partial charge in [0.2, 0.25) is 0 Å². The molecule has 218 valence electrons. The number of nitrogens with one attached hydrogen (secondary N) is 1. The van der Waals surface area contributed by atoms with Crippen molar-refractivity contribution in [3.8, 4) is 5.75 Å². The minimum Gasteiger partial charge on any atom is -0.427 e. The van der Waals surface area contributed by atoms with E-state index < -0.39 is 0 Å². The number of ether oxygens (including phenoxy) is 1. The van der Waals surface area contributed by atoms with Gasteiger partial charge in [-0.3, -0.25) is 9.59 Å². The van der Waals surface area contributed by atoms with Gasteiger partial charge in [-0.2, -0.15) is 0 Å². The lowest BCUT2D eigenvalue weighted by Gasteiger charge is -2.23. The summed E-state index contributed by atoms with van der Waals surface area (Å²) in [5.41, 5.74) is 9.18. The number of carbonyl (C=O) groups excluding carboxylic acids is 2. The van der Waals surface area contributed by atoms with Gasteiger partial charge in [-0.05, 0) is 90.3 Å². The largest absolute Gasteiger partial charge is 0.427 e. The smallest absolute Gasteiger partial charge is 0.311 e. The van der Waals surface area contributed by atoms with Crippen LogP contribution in [0.2, 0.25) is 0 Å². The Balaban J connectivity index is 1.50. The van der Waals surface area contributed by atoms with Gasteiger partial charge in [0.15, 0.2) is 0 Å². The van der Waals surface area contributed by atoms with Crippen molar-refractivity contribution < 1.29 is 14.3 Å². The van der Waals surface area contributed by atoms with Crippen LogP contribution < -0.4 is 10.1 Å². The summed E-state index contributed by atoms with van der Waals surface area (Å²) in [5.74, 6) is 0.180. The molecule has 0 radical (unpaired) electrons. The third-order valence-electron chi connectivity index (χ3n) is 7.91. The van der Waals surface area contributed by atoms with E-state index >= 15 is 0 Å². The maximum absolute atomic E-state index is 13.1. The van der Waals surface area contributed by atoms with Gasteiger partial charge in [0.05, 0.1) is 0 Å². The summed E-state index contributed by atoms with van der Waals surface area (Å²) in [6, 6.07) is 31.1. The molecule has 0 aliphatic heterocycles. The first-order valence-corrected chi connectivity index (χ1v) is 15.2. The number of aryl methyl sites for hydroxylation is 2. The van der Waals surface area contributed by atoms with E-state index in [0.717, 1.165) is 36.8 Å². The third kappa shape index (κ3) is 7.97. The fourth-order valence-electron chi connectivity index (χ4n) is 5.48.